The maximum Gasteiger partial charge on any atom is 0.328 e. The number of primary amides is 1. The molecule has 0 aromatic heterocycles. The molecule has 11 N–H and O–H groups in total. The molecule has 7 amide bonds. The van der Waals surface area contributed by atoms with Crippen LogP contribution >= 0.6 is 0 Å². The first-order chi connectivity index (χ1) is 31.8. The van der Waals surface area contributed by atoms with Gasteiger partial charge in [-0.3, -0.25) is 38.4 Å². The van der Waals surface area contributed by atoms with E-state index in [0.29, 0.717) is 19.3 Å². The number of hydrogen-bond acceptors (Lipinski definition) is 13. The quantitative estimate of drug-likeness (QED) is 0.0696. The van der Waals surface area contributed by atoms with E-state index in [0.717, 1.165) is 12.0 Å². The minimum atomic E-state index is -1.05. The van der Waals surface area contributed by atoms with Gasteiger partial charge in [-0.2, -0.15) is 0 Å². The molecule has 3 rings (SSSR count). The number of aromatic hydroxyl groups is 1. The molecule has 384 valence electrons. The molecule has 0 heterocycles. The van der Waals surface area contributed by atoms with Gasteiger partial charge in [0, 0.05) is 38.1 Å². The van der Waals surface area contributed by atoms with Crippen molar-refractivity contribution < 1.29 is 58.1 Å². The van der Waals surface area contributed by atoms with Crippen molar-refractivity contribution in [3.8, 4) is 5.75 Å². The Labute approximate surface area is 401 Å². The monoisotopic (exact) mass is 961 g/mol. The topological polar surface area (TPSA) is 319 Å². The van der Waals surface area contributed by atoms with Crippen LogP contribution in [0, 0.1) is 29.6 Å². The summed E-state index contributed by atoms with van der Waals surface area (Å²) in [5, 5.41) is 32.7. The zero-order valence-electron chi connectivity index (χ0n) is 42.1. The van der Waals surface area contributed by atoms with Crippen LogP contribution in [-0.2, 0) is 54.3 Å². The van der Waals surface area contributed by atoms with Gasteiger partial charge < -0.3 is 57.9 Å². The third kappa shape index (κ3) is 19.2. The number of nitrogens with one attached hydrogen (secondary N) is 5. The number of benzene rings is 1. The van der Waals surface area contributed by atoms with Crippen LogP contribution in [0.1, 0.15) is 120 Å². The molecular formula is C48H80N8O12. The summed E-state index contributed by atoms with van der Waals surface area (Å²) in [4.78, 5) is 113. The van der Waals surface area contributed by atoms with E-state index in [-0.39, 0.29) is 72.7 Å². The predicted molar refractivity (Wildman–Crippen MR) is 255 cm³/mol. The van der Waals surface area contributed by atoms with Gasteiger partial charge in [0.15, 0.2) is 0 Å². The molecule has 0 spiro atoms. The second kappa shape index (κ2) is 28.6. The Bertz CT molecular complexity index is 1880. The Morgan fingerprint density at radius 1 is 0.868 bits per heavy atom. The average Bonchev–Trinajstić information content (AvgIpc) is 4.01. The van der Waals surface area contributed by atoms with Crippen molar-refractivity contribution in [1.82, 2.24) is 31.5 Å². The van der Waals surface area contributed by atoms with Crippen LogP contribution in [0.2, 0.25) is 0 Å². The summed E-state index contributed by atoms with van der Waals surface area (Å²) >= 11 is 0. The SMILES string of the molecule is CC.CC(C)CC(NC(=O)CNC(=O)[C@H](CCC(N)=O)NC(=O)C(C)C)C(=O)NC12CC1C(=O)C[C@@H](O)C2.CCC(C)C(N)C(=O)N(C)C(Cc1ccc(O)cc1)C(=O)NC(C(=O)OC)C(C)C. The first kappa shape index (κ1) is 60.4. The van der Waals surface area contributed by atoms with E-state index in [9.17, 15) is 53.4 Å². The van der Waals surface area contributed by atoms with Gasteiger partial charge in [0.25, 0.3) is 0 Å². The predicted octanol–water partition coefficient (Wildman–Crippen LogP) is 1.11. The van der Waals surface area contributed by atoms with E-state index in [2.05, 4.69) is 26.6 Å². The summed E-state index contributed by atoms with van der Waals surface area (Å²) in [6.45, 7) is 18.1. The van der Waals surface area contributed by atoms with Crippen molar-refractivity contribution >= 4 is 53.1 Å². The molecule has 2 saturated carbocycles. The minimum absolute atomic E-state index is 0.0204. The number of likely N-dealkylation sites (N-methyl/N-ethyl adjacent to an activating group) is 1. The number of hydrogen-bond donors (Lipinski definition) is 9. The largest absolute Gasteiger partial charge is 0.508 e. The Morgan fingerprint density at radius 3 is 1.99 bits per heavy atom. The molecule has 2 aliphatic carbocycles. The van der Waals surface area contributed by atoms with Crippen molar-refractivity contribution in [1.29, 1.82) is 0 Å². The van der Waals surface area contributed by atoms with Gasteiger partial charge >= 0.3 is 5.97 Å². The number of Topliss-reactive ketones (excluding diaryl/α,β-unsaturated/α-hetero) is 1. The molecule has 20 heteroatoms. The average molecular weight is 961 g/mol. The lowest BCUT2D eigenvalue weighted by Gasteiger charge is -2.32. The van der Waals surface area contributed by atoms with Gasteiger partial charge in [0.05, 0.1) is 31.3 Å². The molecule has 2 aliphatic rings. The number of esters is 1. The molecule has 0 bridgehead atoms. The standard InChI is InChI=1S/C24H39N5O7.C22H35N3O5.C2H6/c1-12(2)7-17(23(36)29-24-9-14(30)8-18(31)15(24)10-24)27-20(33)11-26-22(35)16(5-6-19(25)32)28-21(34)13(3)4;1-7-14(4)18(23)21(28)25(5)17(12-15-8-10-16(26)11-9-15)20(27)24-19(13(2)3)22(29)30-6;1-2/h12-17,30H,5-11H2,1-4H3,(H2,25,32)(H,26,35)(H,27,33)(H,28,34)(H,29,36);8-11,13-14,17-19,26H,7,12,23H2,1-6H3,(H,24,27);1-2H3/t14-,15?,16+,17?,24?;;/m1../s1. The highest BCUT2D eigenvalue weighted by Gasteiger charge is 2.62. The summed E-state index contributed by atoms with van der Waals surface area (Å²) in [6, 6.07) is 1.99. The Kier molecular flexibility index (Phi) is 25.4. The van der Waals surface area contributed by atoms with Crippen molar-refractivity contribution in [2.24, 2.45) is 41.1 Å². The van der Waals surface area contributed by atoms with Crippen molar-refractivity contribution in [2.45, 2.75) is 162 Å². The number of nitrogens with zero attached hydrogens (tertiary/aromatic N) is 1. The van der Waals surface area contributed by atoms with Crippen molar-refractivity contribution in [3.63, 3.8) is 0 Å². The molecule has 20 nitrogen and oxygen atoms in total. The minimum Gasteiger partial charge on any atom is -0.508 e. The molecule has 1 aromatic carbocycles. The van der Waals surface area contributed by atoms with Crippen LogP contribution < -0.4 is 38.1 Å². The fraction of sp³-hybridized carbons (Fsp3) is 0.688. The van der Waals surface area contributed by atoms with E-state index in [4.69, 9.17) is 16.2 Å². The summed E-state index contributed by atoms with van der Waals surface area (Å²) in [5.41, 5.74) is 11.3. The van der Waals surface area contributed by atoms with Crippen LogP contribution in [0.25, 0.3) is 0 Å². The normalized spacial score (nSPS) is 19.6. The third-order valence-corrected chi connectivity index (χ3v) is 11.9. The maximum atomic E-state index is 13.2. The zero-order valence-corrected chi connectivity index (χ0v) is 42.1. The smallest absolute Gasteiger partial charge is 0.328 e. The molecule has 0 radical (unpaired) electrons. The van der Waals surface area contributed by atoms with E-state index in [1.165, 1.54) is 31.2 Å². The second-order valence-electron chi connectivity index (χ2n) is 18.6. The summed E-state index contributed by atoms with van der Waals surface area (Å²) in [5.74, 6) is -4.94. The highest BCUT2D eigenvalue weighted by atomic mass is 16.5. The van der Waals surface area contributed by atoms with Crippen molar-refractivity contribution in [2.75, 3.05) is 20.7 Å². The van der Waals surface area contributed by atoms with Gasteiger partial charge in [0.1, 0.15) is 35.7 Å². The number of carbonyl (C=O) groups excluding carboxylic acids is 9. The third-order valence-electron chi connectivity index (χ3n) is 11.9. The van der Waals surface area contributed by atoms with Crippen LogP contribution in [0.3, 0.4) is 0 Å². The van der Waals surface area contributed by atoms with Gasteiger partial charge in [-0.15, -0.1) is 0 Å². The summed E-state index contributed by atoms with van der Waals surface area (Å²) < 4.78 is 4.80. The van der Waals surface area contributed by atoms with E-state index in [1.54, 1.807) is 39.8 Å². The lowest BCUT2D eigenvalue weighted by atomic mass is 9.91. The van der Waals surface area contributed by atoms with Gasteiger partial charge in [-0.25, -0.2) is 4.79 Å². The fourth-order valence-electron chi connectivity index (χ4n) is 7.50. The number of phenolic OH excluding ortho intramolecular Hbond substituents is 1. The number of ketones is 1. The first-order valence-corrected chi connectivity index (χ1v) is 23.6. The lowest BCUT2D eigenvalue weighted by molar-refractivity contribution is -0.148. The fourth-order valence-corrected chi connectivity index (χ4v) is 7.50. The number of methoxy groups -OCH3 is 1. The summed E-state index contributed by atoms with van der Waals surface area (Å²) in [6.07, 6.45) is 1.17. The molecule has 68 heavy (non-hydrogen) atoms. The second-order valence-corrected chi connectivity index (χ2v) is 18.6. The van der Waals surface area contributed by atoms with Crippen LogP contribution in [0.4, 0.5) is 0 Å². The first-order valence-electron chi connectivity index (χ1n) is 23.6. The molecule has 1 aromatic rings. The summed E-state index contributed by atoms with van der Waals surface area (Å²) in [7, 11) is 2.80. The molecule has 9 atom stereocenters. The number of aliphatic hydroxyl groups excluding tert-OH is 1. The van der Waals surface area contributed by atoms with E-state index >= 15 is 0 Å². The molecule has 7 unspecified atom stereocenters. The molecular weight excluding hydrogens is 881 g/mol. The number of aliphatic hydroxyl groups is 1. The van der Waals surface area contributed by atoms with Crippen LogP contribution in [0.5, 0.6) is 5.75 Å². The number of nitrogens with two attached hydrogens (primary N) is 2. The number of phenols is 1. The Hall–Kier alpha value is -5.63. The number of fused-ring (bicyclic) bond motifs is 1. The van der Waals surface area contributed by atoms with Gasteiger partial charge in [-0.05, 0) is 61.1 Å². The molecule has 2 fully saturated rings. The molecule has 0 saturated heterocycles. The zero-order chi connectivity index (χ0) is 52.2. The van der Waals surface area contributed by atoms with Crippen LogP contribution in [0.15, 0.2) is 24.3 Å². The van der Waals surface area contributed by atoms with Crippen LogP contribution in [-0.4, -0.2) is 131 Å². The lowest BCUT2D eigenvalue weighted by Crippen LogP contribution is -2.57. The number of carbonyl (C=O) groups is 9. The Balaban J connectivity index is 0.000000667. The number of rotatable bonds is 23. The van der Waals surface area contributed by atoms with Gasteiger partial charge in [-0.1, -0.05) is 87.8 Å². The maximum absolute atomic E-state index is 13.2. The Morgan fingerprint density at radius 2 is 1.47 bits per heavy atom. The highest BCUT2D eigenvalue weighted by molar-refractivity contribution is 5.95. The molecule has 0 aliphatic heterocycles. The highest BCUT2D eigenvalue weighted by Crippen LogP contribution is 2.51. The number of amides is 7. The van der Waals surface area contributed by atoms with Gasteiger partial charge in [0.2, 0.25) is 41.4 Å². The van der Waals surface area contributed by atoms with Crippen molar-refractivity contribution in [3.05, 3.63) is 29.8 Å². The van der Waals surface area contributed by atoms with E-state index in [1.807, 2.05) is 41.5 Å². The van der Waals surface area contributed by atoms with E-state index < -0.39 is 89.8 Å². The number of ether oxygens (including phenoxy) is 1.